The monoisotopic (exact) mass is 438 g/mol. The van der Waals surface area contributed by atoms with Gasteiger partial charge in [-0.25, -0.2) is 4.79 Å². The van der Waals surface area contributed by atoms with Crippen LogP contribution < -0.4 is 10.1 Å². The van der Waals surface area contributed by atoms with Crippen molar-refractivity contribution in [1.29, 1.82) is 0 Å². The van der Waals surface area contributed by atoms with Crippen molar-refractivity contribution in [3.8, 4) is 5.75 Å². The SMILES string of the molecule is CCCN(CC(=O)Nc1ccccc1C)C(=O)COC(=O)/C=C/c1ccc(OCC)cc1. The third-order valence-electron chi connectivity index (χ3n) is 4.54. The molecule has 0 saturated heterocycles. The minimum absolute atomic E-state index is 0.111. The van der Waals surface area contributed by atoms with Gasteiger partial charge >= 0.3 is 5.97 Å². The molecular formula is C25H30N2O5. The van der Waals surface area contributed by atoms with E-state index in [2.05, 4.69) is 5.32 Å². The normalized spacial score (nSPS) is 10.6. The van der Waals surface area contributed by atoms with E-state index in [1.165, 1.54) is 11.0 Å². The number of amides is 2. The molecule has 7 nitrogen and oxygen atoms in total. The lowest BCUT2D eigenvalue weighted by Crippen LogP contribution is -2.40. The minimum Gasteiger partial charge on any atom is -0.494 e. The summed E-state index contributed by atoms with van der Waals surface area (Å²) in [6.45, 7) is 6.14. The van der Waals surface area contributed by atoms with Crippen molar-refractivity contribution in [3.05, 3.63) is 65.7 Å². The molecule has 32 heavy (non-hydrogen) atoms. The van der Waals surface area contributed by atoms with Crippen molar-refractivity contribution in [1.82, 2.24) is 4.90 Å². The van der Waals surface area contributed by atoms with Crippen LogP contribution >= 0.6 is 0 Å². The summed E-state index contributed by atoms with van der Waals surface area (Å²) < 4.78 is 10.4. The van der Waals surface area contributed by atoms with Crippen molar-refractivity contribution in [2.45, 2.75) is 27.2 Å². The Labute approximate surface area is 189 Å². The van der Waals surface area contributed by atoms with E-state index in [4.69, 9.17) is 9.47 Å². The number of nitrogens with one attached hydrogen (secondary N) is 1. The number of rotatable bonds is 11. The molecule has 0 bridgehead atoms. The molecule has 0 aromatic heterocycles. The zero-order chi connectivity index (χ0) is 23.3. The molecule has 7 heteroatoms. The Kier molecular flexibility index (Phi) is 9.97. The molecular weight excluding hydrogens is 408 g/mol. The van der Waals surface area contributed by atoms with Gasteiger partial charge in [-0.2, -0.15) is 0 Å². The number of esters is 1. The zero-order valence-electron chi connectivity index (χ0n) is 18.8. The summed E-state index contributed by atoms with van der Waals surface area (Å²) in [6, 6.07) is 14.7. The number of carbonyl (C=O) groups is 3. The number of aryl methyl sites for hydroxylation is 1. The average Bonchev–Trinajstić information content (AvgIpc) is 2.78. The molecule has 0 aliphatic rings. The number of para-hydroxylation sites is 1. The van der Waals surface area contributed by atoms with E-state index in [0.717, 1.165) is 16.9 Å². The van der Waals surface area contributed by atoms with Crippen LogP contribution in [0.4, 0.5) is 5.69 Å². The average molecular weight is 439 g/mol. The molecule has 0 unspecified atom stereocenters. The molecule has 170 valence electrons. The predicted octanol–water partition coefficient (Wildman–Crippen LogP) is 3.83. The molecule has 0 heterocycles. The largest absolute Gasteiger partial charge is 0.494 e. The van der Waals surface area contributed by atoms with Gasteiger partial charge in [0.2, 0.25) is 5.91 Å². The molecule has 0 radical (unpaired) electrons. The van der Waals surface area contributed by atoms with Gasteiger partial charge in [0.15, 0.2) is 6.61 Å². The highest BCUT2D eigenvalue weighted by atomic mass is 16.5. The molecule has 0 aliphatic carbocycles. The maximum Gasteiger partial charge on any atom is 0.331 e. The Bertz CT molecular complexity index is 938. The van der Waals surface area contributed by atoms with Gasteiger partial charge in [0.25, 0.3) is 5.91 Å². The summed E-state index contributed by atoms with van der Waals surface area (Å²) >= 11 is 0. The van der Waals surface area contributed by atoms with Gasteiger partial charge in [-0.1, -0.05) is 37.3 Å². The molecule has 2 aromatic carbocycles. The highest BCUT2D eigenvalue weighted by Crippen LogP contribution is 2.14. The van der Waals surface area contributed by atoms with Crippen LogP contribution in [0, 0.1) is 6.92 Å². The molecule has 1 N–H and O–H groups in total. The van der Waals surface area contributed by atoms with Gasteiger partial charge < -0.3 is 19.7 Å². The fraction of sp³-hybridized carbons (Fsp3) is 0.320. The van der Waals surface area contributed by atoms with E-state index in [1.54, 1.807) is 12.1 Å². The molecule has 0 fully saturated rings. The summed E-state index contributed by atoms with van der Waals surface area (Å²) in [5.74, 6) is -0.606. The number of carbonyl (C=O) groups excluding carboxylic acids is 3. The van der Waals surface area contributed by atoms with Crippen LogP contribution in [0.2, 0.25) is 0 Å². The minimum atomic E-state index is -0.631. The first kappa shape index (κ1) is 24.7. The van der Waals surface area contributed by atoms with E-state index in [9.17, 15) is 14.4 Å². The molecule has 0 spiro atoms. The van der Waals surface area contributed by atoms with Crippen molar-refractivity contribution in [2.75, 3.05) is 31.6 Å². The molecule has 0 aliphatic heterocycles. The highest BCUT2D eigenvalue weighted by molar-refractivity contribution is 5.95. The van der Waals surface area contributed by atoms with E-state index in [0.29, 0.717) is 25.3 Å². The third kappa shape index (κ3) is 8.26. The number of nitrogens with zero attached hydrogens (tertiary/aromatic N) is 1. The molecule has 2 aromatic rings. The lowest BCUT2D eigenvalue weighted by Gasteiger charge is -2.21. The number of hydrogen-bond donors (Lipinski definition) is 1. The maximum absolute atomic E-state index is 12.5. The Hall–Kier alpha value is -3.61. The Morgan fingerprint density at radius 3 is 2.41 bits per heavy atom. The van der Waals surface area contributed by atoms with Crippen LogP contribution in [0.3, 0.4) is 0 Å². The summed E-state index contributed by atoms with van der Waals surface area (Å²) in [5.41, 5.74) is 2.44. The Morgan fingerprint density at radius 2 is 1.75 bits per heavy atom. The first-order valence-corrected chi connectivity index (χ1v) is 10.6. The topological polar surface area (TPSA) is 84.9 Å². The van der Waals surface area contributed by atoms with Crippen LogP contribution in [0.15, 0.2) is 54.6 Å². The Morgan fingerprint density at radius 1 is 1.03 bits per heavy atom. The van der Waals surface area contributed by atoms with Gasteiger partial charge in [-0.15, -0.1) is 0 Å². The second-order valence-corrected chi connectivity index (χ2v) is 7.12. The van der Waals surface area contributed by atoms with Crippen molar-refractivity contribution < 1.29 is 23.9 Å². The van der Waals surface area contributed by atoms with Crippen molar-refractivity contribution in [3.63, 3.8) is 0 Å². The fourth-order valence-corrected chi connectivity index (χ4v) is 2.92. The Balaban J connectivity index is 1.85. The van der Waals surface area contributed by atoms with Gasteiger partial charge in [0.05, 0.1) is 13.2 Å². The van der Waals surface area contributed by atoms with Gasteiger partial charge in [0, 0.05) is 18.3 Å². The number of benzene rings is 2. The quantitative estimate of drug-likeness (QED) is 0.426. The molecule has 2 rings (SSSR count). The van der Waals surface area contributed by atoms with E-state index < -0.39 is 18.5 Å². The number of hydrogen-bond acceptors (Lipinski definition) is 5. The molecule has 0 atom stereocenters. The second-order valence-electron chi connectivity index (χ2n) is 7.12. The summed E-state index contributed by atoms with van der Waals surface area (Å²) in [5, 5.41) is 2.81. The lowest BCUT2D eigenvalue weighted by molar-refractivity contribution is -0.148. The van der Waals surface area contributed by atoms with Gasteiger partial charge in [0.1, 0.15) is 5.75 Å². The highest BCUT2D eigenvalue weighted by Gasteiger charge is 2.18. The van der Waals surface area contributed by atoms with Gasteiger partial charge in [-0.3, -0.25) is 9.59 Å². The number of anilines is 1. The van der Waals surface area contributed by atoms with Crippen molar-refractivity contribution in [2.24, 2.45) is 0 Å². The standard InChI is InChI=1S/C25H30N2O5/c1-4-16-27(17-23(28)26-22-9-7-6-8-19(22)3)24(29)18-32-25(30)15-12-20-10-13-21(14-11-20)31-5-2/h6-15H,4-5,16-18H2,1-3H3,(H,26,28)/b15-12+. The summed E-state index contributed by atoms with van der Waals surface area (Å²) in [6.07, 6.45) is 3.54. The second kappa shape index (κ2) is 12.9. The van der Waals surface area contributed by atoms with Crippen LogP contribution in [0.1, 0.15) is 31.4 Å². The molecule has 2 amide bonds. The first-order valence-electron chi connectivity index (χ1n) is 10.6. The van der Waals surface area contributed by atoms with Crippen LogP contribution in [-0.4, -0.2) is 49.0 Å². The van der Waals surface area contributed by atoms with Crippen LogP contribution in [0.25, 0.3) is 6.08 Å². The van der Waals surface area contributed by atoms with Crippen LogP contribution in [0.5, 0.6) is 5.75 Å². The van der Waals surface area contributed by atoms with Crippen molar-refractivity contribution >= 4 is 29.5 Å². The van der Waals surface area contributed by atoms with E-state index in [1.807, 2.05) is 63.2 Å². The summed E-state index contributed by atoms with van der Waals surface area (Å²) in [4.78, 5) is 38.3. The summed E-state index contributed by atoms with van der Waals surface area (Å²) in [7, 11) is 0. The maximum atomic E-state index is 12.5. The molecule has 0 saturated carbocycles. The van der Waals surface area contributed by atoms with E-state index >= 15 is 0 Å². The fourth-order valence-electron chi connectivity index (χ4n) is 2.92. The van der Waals surface area contributed by atoms with Crippen LogP contribution in [-0.2, 0) is 19.1 Å². The lowest BCUT2D eigenvalue weighted by atomic mass is 10.2. The smallest absolute Gasteiger partial charge is 0.331 e. The number of ether oxygens (including phenoxy) is 2. The zero-order valence-corrected chi connectivity index (χ0v) is 18.8. The predicted molar refractivity (Wildman–Crippen MR) is 124 cm³/mol. The third-order valence-corrected chi connectivity index (χ3v) is 4.54. The van der Waals surface area contributed by atoms with E-state index in [-0.39, 0.29) is 12.5 Å². The first-order chi connectivity index (χ1) is 15.4. The van der Waals surface area contributed by atoms with Gasteiger partial charge in [-0.05, 0) is 55.7 Å².